The number of carbonyl (C=O) groups is 1. The van der Waals surface area contributed by atoms with Crippen molar-refractivity contribution in [3.8, 4) is 0 Å². The summed E-state index contributed by atoms with van der Waals surface area (Å²) in [5.41, 5.74) is 1.01. The second kappa shape index (κ2) is 7.99. The maximum Gasteiger partial charge on any atom is 0.344 e. The number of sulfone groups is 1. The molecule has 26 heavy (non-hydrogen) atoms. The number of aryl methyl sites for hydroxylation is 2. The summed E-state index contributed by atoms with van der Waals surface area (Å²) in [4.78, 5) is 14.1. The second-order valence-corrected chi connectivity index (χ2v) is 8.02. The molecule has 142 valence electrons. The maximum atomic E-state index is 14.4. The van der Waals surface area contributed by atoms with E-state index in [4.69, 9.17) is 0 Å². The van der Waals surface area contributed by atoms with Crippen molar-refractivity contribution in [3.63, 3.8) is 0 Å². The molecule has 0 saturated heterocycles. The Balaban J connectivity index is 2.49. The van der Waals surface area contributed by atoms with Crippen LogP contribution < -0.4 is 0 Å². The molecule has 0 aliphatic carbocycles. The first-order chi connectivity index (χ1) is 12.2. The Morgan fingerprint density at radius 3 is 2.19 bits per heavy atom. The van der Waals surface area contributed by atoms with Gasteiger partial charge in [-0.15, -0.1) is 5.10 Å². The summed E-state index contributed by atoms with van der Waals surface area (Å²) in [7, 11) is -4.17. The van der Waals surface area contributed by atoms with Crippen LogP contribution in [0.15, 0.2) is 34.3 Å². The first kappa shape index (κ1) is 20.1. The Morgan fingerprint density at radius 2 is 1.69 bits per heavy atom. The predicted octanol–water partition coefficient (Wildman–Crippen LogP) is 3.56. The molecule has 0 radical (unpaired) electrons. The molecule has 0 saturated carbocycles. The molecule has 0 atom stereocenters. The van der Waals surface area contributed by atoms with Crippen molar-refractivity contribution >= 4 is 15.9 Å². The molecule has 0 aliphatic heterocycles. The third-order valence-corrected chi connectivity index (χ3v) is 5.99. The van der Waals surface area contributed by atoms with Crippen LogP contribution >= 0.6 is 0 Å². The van der Waals surface area contributed by atoms with Gasteiger partial charge in [-0.25, -0.2) is 17.6 Å². The predicted molar refractivity (Wildman–Crippen MR) is 96.5 cm³/mol. The fraction of sp³-hybridized carbons (Fsp3) is 0.444. The lowest BCUT2D eigenvalue weighted by atomic mass is 10.2. The van der Waals surface area contributed by atoms with Crippen molar-refractivity contribution in [3.05, 3.63) is 41.3 Å². The highest BCUT2D eigenvalue weighted by Crippen LogP contribution is 2.27. The van der Waals surface area contributed by atoms with Crippen LogP contribution in [0.1, 0.15) is 37.8 Å². The first-order valence-corrected chi connectivity index (χ1v) is 10.1. The van der Waals surface area contributed by atoms with Crippen molar-refractivity contribution in [1.29, 1.82) is 0 Å². The van der Waals surface area contributed by atoms with Gasteiger partial charge in [0.25, 0.3) is 0 Å². The second-order valence-electron chi connectivity index (χ2n) is 6.22. The number of hydrogen-bond donors (Lipinski definition) is 0. The van der Waals surface area contributed by atoms with E-state index in [1.807, 2.05) is 13.8 Å². The number of benzene rings is 1. The zero-order valence-electron chi connectivity index (χ0n) is 15.5. The number of hydrogen-bond acceptors (Lipinski definition) is 4. The lowest BCUT2D eigenvalue weighted by Crippen LogP contribution is -2.36. The maximum absolute atomic E-state index is 14.4. The van der Waals surface area contributed by atoms with Crippen LogP contribution in [0.4, 0.5) is 9.18 Å². The molecule has 1 heterocycles. The summed E-state index contributed by atoms with van der Waals surface area (Å²) in [6.07, 6.45) is 2.31. The van der Waals surface area contributed by atoms with Crippen molar-refractivity contribution in [2.24, 2.45) is 0 Å². The SMILES string of the molecule is CCCN(CCC)C(=O)n1cc(F)c(S(=O)(=O)c2c(C)cccc2C)n1. The van der Waals surface area contributed by atoms with Gasteiger partial charge in [-0.3, -0.25) is 0 Å². The van der Waals surface area contributed by atoms with E-state index in [-0.39, 0.29) is 4.90 Å². The zero-order valence-corrected chi connectivity index (χ0v) is 16.3. The smallest absolute Gasteiger partial charge is 0.323 e. The zero-order chi connectivity index (χ0) is 19.5. The molecule has 2 rings (SSSR count). The van der Waals surface area contributed by atoms with E-state index in [0.717, 1.165) is 23.7 Å². The number of carbonyl (C=O) groups excluding carboxylic acids is 1. The Kier molecular flexibility index (Phi) is 6.17. The largest absolute Gasteiger partial charge is 0.344 e. The number of nitrogens with zero attached hydrogens (tertiary/aromatic N) is 3. The highest BCUT2D eigenvalue weighted by atomic mass is 32.2. The van der Waals surface area contributed by atoms with Crippen molar-refractivity contribution in [1.82, 2.24) is 14.7 Å². The molecule has 2 aromatic rings. The van der Waals surface area contributed by atoms with Crippen LogP contribution in [0.2, 0.25) is 0 Å². The Hall–Kier alpha value is -2.22. The molecule has 0 bridgehead atoms. The Morgan fingerprint density at radius 1 is 1.15 bits per heavy atom. The van der Waals surface area contributed by atoms with Gasteiger partial charge in [0, 0.05) is 13.1 Å². The molecule has 6 nitrogen and oxygen atoms in total. The van der Waals surface area contributed by atoms with Crippen molar-refractivity contribution in [2.45, 2.75) is 50.5 Å². The van der Waals surface area contributed by atoms with Gasteiger partial charge < -0.3 is 4.90 Å². The van der Waals surface area contributed by atoms with Crippen LogP contribution in [0.5, 0.6) is 0 Å². The van der Waals surface area contributed by atoms with E-state index < -0.39 is 26.7 Å². The van der Waals surface area contributed by atoms with E-state index in [2.05, 4.69) is 5.10 Å². The van der Waals surface area contributed by atoms with E-state index in [1.165, 1.54) is 4.90 Å². The summed E-state index contributed by atoms with van der Waals surface area (Å²) in [6.45, 7) is 8.13. The topological polar surface area (TPSA) is 72.3 Å². The number of amides is 1. The number of halogens is 1. The number of aromatic nitrogens is 2. The van der Waals surface area contributed by atoms with Crippen LogP contribution in [0.25, 0.3) is 0 Å². The minimum atomic E-state index is -4.17. The highest BCUT2D eigenvalue weighted by Gasteiger charge is 2.30. The van der Waals surface area contributed by atoms with Crippen molar-refractivity contribution in [2.75, 3.05) is 13.1 Å². The molecular weight excluding hydrogens is 357 g/mol. The van der Waals surface area contributed by atoms with Crippen LogP contribution in [-0.4, -0.2) is 42.2 Å². The third-order valence-electron chi connectivity index (χ3n) is 4.02. The minimum absolute atomic E-state index is 0.0237. The van der Waals surface area contributed by atoms with Gasteiger partial charge in [-0.05, 0) is 37.8 Å². The van der Waals surface area contributed by atoms with Crippen molar-refractivity contribution < 1.29 is 17.6 Å². The molecule has 1 amide bonds. The average molecular weight is 381 g/mol. The summed E-state index contributed by atoms with van der Waals surface area (Å²) in [5.74, 6) is -1.03. The monoisotopic (exact) mass is 381 g/mol. The molecule has 0 fully saturated rings. The average Bonchev–Trinajstić information content (AvgIpc) is 2.96. The quantitative estimate of drug-likeness (QED) is 0.767. The lowest BCUT2D eigenvalue weighted by molar-refractivity contribution is 0.196. The van der Waals surface area contributed by atoms with Gasteiger partial charge in [-0.1, -0.05) is 32.0 Å². The number of rotatable bonds is 6. The fourth-order valence-electron chi connectivity index (χ4n) is 2.92. The standard InChI is InChI=1S/C18H24FN3O3S/c1-5-10-21(11-6-2)18(23)22-12-15(19)17(20-22)26(24,25)16-13(3)8-7-9-14(16)4/h7-9,12H,5-6,10-11H2,1-4H3. The van der Waals surface area contributed by atoms with E-state index in [1.54, 1.807) is 32.0 Å². The van der Waals surface area contributed by atoms with E-state index >= 15 is 0 Å². The molecule has 1 aromatic heterocycles. The minimum Gasteiger partial charge on any atom is -0.323 e. The molecule has 8 heteroatoms. The lowest BCUT2D eigenvalue weighted by Gasteiger charge is -2.20. The van der Waals surface area contributed by atoms with Crippen LogP contribution in [0.3, 0.4) is 0 Å². The highest BCUT2D eigenvalue weighted by molar-refractivity contribution is 7.91. The first-order valence-electron chi connectivity index (χ1n) is 8.59. The van der Waals surface area contributed by atoms with Gasteiger partial charge in [-0.2, -0.15) is 4.68 Å². The Bertz CT molecular complexity index is 880. The molecule has 0 unspecified atom stereocenters. The van der Waals surface area contributed by atoms with Crippen LogP contribution in [-0.2, 0) is 9.84 Å². The van der Waals surface area contributed by atoms with Gasteiger partial charge in [0.2, 0.25) is 14.9 Å². The summed E-state index contributed by atoms with van der Waals surface area (Å²) >= 11 is 0. The third kappa shape index (κ3) is 3.80. The van der Waals surface area contributed by atoms with Gasteiger partial charge in [0.1, 0.15) is 0 Å². The normalized spacial score (nSPS) is 11.6. The van der Waals surface area contributed by atoms with Gasteiger partial charge in [0.05, 0.1) is 11.1 Å². The molecule has 0 aliphatic rings. The van der Waals surface area contributed by atoms with E-state index in [0.29, 0.717) is 24.2 Å². The molecule has 0 spiro atoms. The van der Waals surface area contributed by atoms with Gasteiger partial charge in [0.15, 0.2) is 5.82 Å². The fourth-order valence-corrected chi connectivity index (χ4v) is 4.61. The molecule has 1 aromatic carbocycles. The Labute approximate surface area is 153 Å². The summed E-state index contributed by atoms with van der Waals surface area (Å²) in [5, 5.41) is 3.06. The van der Waals surface area contributed by atoms with E-state index in [9.17, 15) is 17.6 Å². The van der Waals surface area contributed by atoms with Gasteiger partial charge >= 0.3 is 6.03 Å². The summed E-state index contributed by atoms with van der Waals surface area (Å²) in [6, 6.07) is 4.49. The van der Waals surface area contributed by atoms with Crippen LogP contribution in [0, 0.1) is 19.7 Å². The molecular formula is C18H24FN3O3S. The molecule has 0 N–H and O–H groups in total. The summed E-state index contributed by atoms with van der Waals surface area (Å²) < 4.78 is 41.0.